The van der Waals surface area contributed by atoms with E-state index in [4.69, 9.17) is 0 Å². The molecule has 0 unspecified atom stereocenters. The minimum atomic E-state index is 1.03. The molecule has 3 nitrogen and oxygen atoms in total. The van der Waals surface area contributed by atoms with Gasteiger partial charge in [0, 0.05) is 50.8 Å². The molecule has 21 heavy (non-hydrogen) atoms. The molecule has 2 aromatic rings. The fraction of sp³-hybridized carbons (Fsp3) is 0.389. The Kier molecular flexibility index (Phi) is 4.20. The molecule has 3 rings (SSSR count). The lowest BCUT2D eigenvalue weighted by molar-refractivity contribution is 0.249. The highest BCUT2D eigenvalue weighted by molar-refractivity contribution is 5.54. The molecular formula is C18H23N3. The summed E-state index contributed by atoms with van der Waals surface area (Å²) in [5.74, 6) is 0. The molecular weight excluding hydrogens is 258 g/mol. The van der Waals surface area contributed by atoms with Crippen molar-refractivity contribution in [2.24, 2.45) is 0 Å². The second kappa shape index (κ2) is 6.27. The van der Waals surface area contributed by atoms with Gasteiger partial charge in [0.25, 0.3) is 0 Å². The van der Waals surface area contributed by atoms with Gasteiger partial charge in [0.1, 0.15) is 0 Å². The normalized spacial score (nSPS) is 16.2. The summed E-state index contributed by atoms with van der Waals surface area (Å²) in [5.41, 5.74) is 5.47. The maximum atomic E-state index is 4.08. The fourth-order valence-electron chi connectivity index (χ4n) is 3.05. The molecule has 1 aliphatic rings. The van der Waals surface area contributed by atoms with Gasteiger partial charge in [-0.25, -0.2) is 0 Å². The van der Waals surface area contributed by atoms with E-state index in [-0.39, 0.29) is 0 Å². The number of hydrogen-bond donors (Lipinski definition) is 0. The fourth-order valence-corrected chi connectivity index (χ4v) is 3.05. The van der Waals surface area contributed by atoms with E-state index in [1.165, 1.54) is 22.4 Å². The maximum Gasteiger partial charge on any atom is 0.0396 e. The quantitative estimate of drug-likeness (QED) is 0.862. The van der Waals surface area contributed by atoms with Crippen molar-refractivity contribution < 1.29 is 0 Å². The summed E-state index contributed by atoms with van der Waals surface area (Å²) in [5, 5.41) is 0. The maximum absolute atomic E-state index is 4.08. The third kappa shape index (κ3) is 3.42. The SMILES string of the molecule is Cc1ccc(N2CCN(Cc3ccncc3)CC2)c(C)c1. The van der Waals surface area contributed by atoms with E-state index in [0.717, 1.165) is 32.7 Å². The van der Waals surface area contributed by atoms with Gasteiger partial charge in [-0.2, -0.15) is 0 Å². The highest BCUT2D eigenvalue weighted by Gasteiger charge is 2.18. The van der Waals surface area contributed by atoms with Gasteiger partial charge in [-0.3, -0.25) is 9.88 Å². The Bertz CT molecular complexity index is 587. The smallest absolute Gasteiger partial charge is 0.0396 e. The molecule has 110 valence electrons. The largest absolute Gasteiger partial charge is 0.369 e. The first kappa shape index (κ1) is 14.1. The molecule has 1 saturated heterocycles. The van der Waals surface area contributed by atoms with Crippen LogP contribution in [0.2, 0.25) is 0 Å². The van der Waals surface area contributed by atoms with Crippen LogP contribution in [0, 0.1) is 13.8 Å². The number of nitrogens with zero attached hydrogens (tertiary/aromatic N) is 3. The minimum Gasteiger partial charge on any atom is -0.369 e. The summed E-state index contributed by atoms with van der Waals surface area (Å²) in [6.45, 7) is 9.85. The van der Waals surface area contributed by atoms with Gasteiger partial charge in [0.15, 0.2) is 0 Å². The molecule has 1 aliphatic heterocycles. The van der Waals surface area contributed by atoms with Gasteiger partial charge >= 0.3 is 0 Å². The van der Waals surface area contributed by atoms with Crippen molar-refractivity contribution in [1.29, 1.82) is 0 Å². The molecule has 0 radical (unpaired) electrons. The summed E-state index contributed by atoms with van der Waals surface area (Å²) >= 11 is 0. The minimum absolute atomic E-state index is 1.03. The molecule has 3 heteroatoms. The van der Waals surface area contributed by atoms with E-state index in [1.807, 2.05) is 12.4 Å². The number of anilines is 1. The second-order valence-electron chi connectivity index (χ2n) is 5.91. The van der Waals surface area contributed by atoms with Crippen LogP contribution in [-0.4, -0.2) is 36.1 Å². The summed E-state index contributed by atoms with van der Waals surface area (Å²) < 4.78 is 0. The molecule has 0 atom stereocenters. The summed E-state index contributed by atoms with van der Waals surface area (Å²) in [7, 11) is 0. The van der Waals surface area contributed by atoms with Crippen molar-refractivity contribution >= 4 is 5.69 Å². The van der Waals surface area contributed by atoms with E-state index in [2.05, 4.69) is 59.0 Å². The highest BCUT2D eigenvalue weighted by Crippen LogP contribution is 2.22. The molecule has 0 saturated carbocycles. The molecule has 0 amide bonds. The summed E-state index contributed by atoms with van der Waals surface area (Å²) in [6, 6.07) is 11.0. The average molecular weight is 281 g/mol. The van der Waals surface area contributed by atoms with Crippen LogP contribution in [0.1, 0.15) is 16.7 Å². The van der Waals surface area contributed by atoms with Crippen molar-refractivity contribution in [2.45, 2.75) is 20.4 Å². The Balaban J connectivity index is 1.60. The predicted octanol–water partition coefficient (Wildman–Crippen LogP) is 3.02. The number of aryl methyl sites for hydroxylation is 2. The lowest BCUT2D eigenvalue weighted by Gasteiger charge is -2.37. The summed E-state index contributed by atoms with van der Waals surface area (Å²) in [4.78, 5) is 9.12. The third-order valence-electron chi connectivity index (χ3n) is 4.22. The van der Waals surface area contributed by atoms with E-state index in [9.17, 15) is 0 Å². The van der Waals surface area contributed by atoms with E-state index in [1.54, 1.807) is 0 Å². The zero-order chi connectivity index (χ0) is 14.7. The number of piperazine rings is 1. The Morgan fingerprint density at radius 1 is 0.952 bits per heavy atom. The van der Waals surface area contributed by atoms with Gasteiger partial charge in [-0.1, -0.05) is 17.7 Å². The Morgan fingerprint density at radius 2 is 1.67 bits per heavy atom. The lowest BCUT2D eigenvalue weighted by Crippen LogP contribution is -2.46. The average Bonchev–Trinajstić information content (AvgIpc) is 2.49. The molecule has 0 N–H and O–H groups in total. The zero-order valence-electron chi connectivity index (χ0n) is 12.9. The topological polar surface area (TPSA) is 19.4 Å². The van der Waals surface area contributed by atoms with Crippen LogP contribution in [-0.2, 0) is 6.54 Å². The van der Waals surface area contributed by atoms with E-state index >= 15 is 0 Å². The van der Waals surface area contributed by atoms with Crippen molar-refractivity contribution in [1.82, 2.24) is 9.88 Å². The van der Waals surface area contributed by atoms with Gasteiger partial charge in [0.2, 0.25) is 0 Å². The van der Waals surface area contributed by atoms with E-state index < -0.39 is 0 Å². The van der Waals surface area contributed by atoms with Crippen LogP contribution in [0.5, 0.6) is 0 Å². The predicted molar refractivity (Wildman–Crippen MR) is 87.6 cm³/mol. The van der Waals surface area contributed by atoms with Crippen LogP contribution in [0.3, 0.4) is 0 Å². The molecule has 0 bridgehead atoms. The molecule has 0 aliphatic carbocycles. The Labute approximate surface area is 127 Å². The summed E-state index contributed by atoms with van der Waals surface area (Å²) in [6.07, 6.45) is 3.75. The van der Waals surface area contributed by atoms with Crippen molar-refractivity contribution in [3.63, 3.8) is 0 Å². The second-order valence-corrected chi connectivity index (χ2v) is 5.91. The first-order valence-electron chi connectivity index (χ1n) is 7.66. The molecule has 2 heterocycles. The van der Waals surface area contributed by atoms with Crippen LogP contribution >= 0.6 is 0 Å². The van der Waals surface area contributed by atoms with Gasteiger partial charge in [-0.15, -0.1) is 0 Å². The highest BCUT2D eigenvalue weighted by atomic mass is 15.3. The van der Waals surface area contributed by atoms with Gasteiger partial charge in [0.05, 0.1) is 0 Å². The number of aromatic nitrogens is 1. The molecule has 1 aromatic carbocycles. The van der Waals surface area contributed by atoms with Crippen LogP contribution < -0.4 is 4.90 Å². The lowest BCUT2D eigenvalue weighted by atomic mass is 10.1. The van der Waals surface area contributed by atoms with E-state index in [0.29, 0.717) is 0 Å². The number of benzene rings is 1. The number of pyridine rings is 1. The first-order chi connectivity index (χ1) is 10.2. The van der Waals surface area contributed by atoms with Crippen LogP contribution in [0.4, 0.5) is 5.69 Å². The van der Waals surface area contributed by atoms with Crippen LogP contribution in [0.25, 0.3) is 0 Å². The van der Waals surface area contributed by atoms with Crippen molar-refractivity contribution in [2.75, 3.05) is 31.1 Å². The number of hydrogen-bond acceptors (Lipinski definition) is 3. The van der Waals surface area contributed by atoms with Gasteiger partial charge in [-0.05, 0) is 43.2 Å². The zero-order valence-corrected chi connectivity index (χ0v) is 12.9. The standard InChI is InChI=1S/C18H23N3/c1-15-3-4-18(16(2)13-15)21-11-9-20(10-12-21)14-17-5-7-19-8-6-17/h3-8,13H,9-12,14H2,1-2H3. The van der Waals surface area contributed by atoms with Crippen molar-refractivity contribution in [3.8, 4) is 0 Å². The first-order valence-corrected chi connectivity index (χ1v) is 7.66. The van der Waals surface area contributed by atoms with Gasteiger partial charge < -0.3 is 4.90 Å². The van der Waals surface area contributed by atoms with Crippen LogP contribution in [0.15, 0.2) is 42.7 Å². The van der Waals surface area contributed by atoms with Crippen molar-refractivity contribution in [3.05, 3.63) is 59.4 Å². The molecule has 0 spiro atoms. The number of rotatable bonds is 3. The monoisotopic (exact) mass is 281 g/mol. The Morgan fingerprint density at radius 3 is 2.33 bits per heavy atom. The Hall–Kier alpha value is -1.87. The third-order valence-corrected chi connectivity index (χ3v) is 4.22. The molecule has 1 aromatic heterocycles. The molecule has 1 fully saturated rings.